The molecule has 0 fully saturated rings. The molecule has 0 heterocycles. The van der Waals surface area contributed by atoms with Crippen LogP contribution in [0.15, 0.2) is 42.5 Å². The Balaban J connectivity index is 1.97. The summed E-state index contributed by atoms with van der Waals surface area (Å²) in [5.74, 6) is 1.02. The van der Waals surface area contributed by atoms with Gasteiger partial charge in [0.05, 0.1) is 0 Å². The van der Waals surface area contributed by atoms with Crippen LogP contribution in [0.2, 0.25) is 0 Å². The van der Waals surface area contributed by atoms with E-state index < -0.39 is 0 Å². The van der Waals surface area contributed by atoms with Gasteiger partial charge >= 0.3 is 0 Å². The number of hydrogen-bond donors (Lipinski definition) is 1. The predicted octanol–water partition coefficient (Wildman–Crippen LogP) is 4.93. The number of aryl methyl sites for hydroxylation is 3. The first-order valence-electron chi connectivity index (χ1n) is 7.46. The molecule has 0 aromatic heterocycles. The Kier molecular flexibility index (Phi) is 5.49. The molecule has 0 aliphatic rings. The van der Waals surface area contributed by atoms with Gasteiger partial charge in [0.25, 0.3) is 0 Å². The summed E-state index contributed by atoms with van der Waals surface area (Å²) < 4.78 is 0. The molecule has 0 saturated heterocycles. The maximum absolute atomic E-state index is 6.39. The fourth-order valence-corrected chi connectivity index (χ4v) is 3.53. The van der Waals surface area contributed by atoms with Crippen LogP contribution in [-0.2, 0) is 5.75 Å². The molecule has 2 heteroatoms. The van der Waals surface area contributed by atoms with Gasteiger partial charge in [0.15, 0.2) is 0 Å². The molecule has 2 aromatic rings. The maximum Gasteiger partial charge on any atom is 0.0412 e. The van der Waals surface area contributed by atoms with Gasteiger partial charge in [0.1, 0.15) is 0 Å². The van der Waals surface area contributed by atoms with E-state index in [-0.39, 0.29) is 6.04 Å². The fraction of sp³-hybridized carbons (Fsp3) is 0.368. The third kappa shape index (κ3) is 4.62. The molecular formula is C19H25NS. The van der Waals surface area contributed by atoms with Crippen molar-refractivity contribution in [3.8, 4) is 0 Å². The van der Waals surface area contributed by atoms with Crippen molar-refractivity contribution in [1.82, 2.24) is 0 Å². The average Bonchev–Trinajstić information content (AvgIpc) is 2.44. The van der Waals surface area contributed by atoms with Gasteiger partial charge in [-0.2, -0.15) is 11.8 Å². The van der Waals surface area contributed by atoms with Crippen molar-refractivity contribution in [2.75, 3.05) is 0 Å². The minimum absolute atomic E-state index is 0.0847. The SMILES string of the molecule is Cc1ccc(C(N)C(C)SCc2cc(C)cc(C)c2)cc1. The van der Waals surface area contributed by atoms with E-state index in [1.54, 1.807) is 0 Å². The van der Waals surface area contributed by atoms with Gasteiger partial charge in [-0.3, -0.25) is 0 Å². The van der Waals surface area contributed by atoms with Crippen LogP contribution in [0, 0.1) is 20.8 Å². The van der Waals surface area contributed by atoms with Crippen molar-refractivity contribution in [3.63, 3.8) is 0 Å². The molecule has 2 N–H and O–H groups in total. The monoisotopic (exact) mass is 299 g/mol. The summed E-state index contributed by atoms with van der Waals surface area (Å²) in [7, 11) is 0. The molecule has 0 radical (unpaired) electrons. The highest BCUT2D eigenvalue weighted by Crippen LogP contribution is 2.27. The summed E-state index contributed by atoms with van der Waals surface area (Å²) in [5.41, 5.74) is 13.0. The molecule has 0 amide bonds. The summed E-state index contributed by atoms with van der Waals surface area (Å²) in [4.78, 5) is 0. The molecule has 2 unspecified atom stereocenters. The number of hydrogen-bond acceptors (Lipinski definition) is 2. The molecule has 112 valence electrons. The van der Waals surface area contributed by atoms with Crippen LogP contribution in [0.25, 0.3) is 0 Å². The number of nitrogens with two attached hydrogens (primary N) is 1. The van der Waals surface area contributed by atoms with E-state index >= 15 is 0 Å². The normalized spacial score (nSPS) is 14.0. The molecule has 0 aliphatic carbocycles. The van der Waals surface area contributed by atoms with Crippen LogP contribution in [0.1, 0.15) is 40.8 Å². The summed E-state index contributed by atoms with van der Waals surface area (Å²) in [6.07, 6.45) is 0. The summed E-state index contributed by atoms with van der Waals surface area (Å²) >= 11 is 1.93. The van der Waals surface area contributed by atoms with Crippen LogP contribution < -0.4 is 5.73 Å². The lowest BCUT2D eigenvalue weighted by Crippen LogP contribution is -2.21. The van der Waals surface area contributed by atoms with Crippen molar-refractivity contribution >= 4 is 11.8 Å². The Bertz CT molecular complexity index is 569. The molecule has 0 spiro atoms. The Morgan fingerprint density at radius 3 is 2.05 bits per heavy atom. The summed E-state index contributed by atoms with van der Waals surface area (Å²) in [5, 5.41) is 0.397. The Morgan fingerprint density at radius 2 is 1.48 bits per heavy atom. The Labute approximate surface area is 133 Å². The number of benzene rings is 2. The lowest BCUT2D eigenvalue weighted by atomic mass is 10.0. The van der Waals surface area contributed by atoms with Gasteiger partial charge in [0.2, 0.25) is 0 Å². The minimum atomic E-state index is 0.0847. The second-order valence-electron chi connectivity index (χ2n) is 5.95. The van der Waals surface area contributed by atoms with E-state index in [4.69, 9.17) is 5.73 Å². The van der Waals surface area contributed by atoms with Crippen molar-refractivity contribution in [1.29, 1.82) is 0 Å². The molecule has 21 heavy (non-hydrogen) atoms. The first-order valence-corrected chi connectivity index (χ1v) is 8.51. The number of thioether (sulfide) groups is 1. The topological polar surface area (TPSA) is 26.0 Å². The average molecular weight is 299 g/mol. The standard InChI is InChI=1S/C19H25NS/c1-13-5-7-18(8-6-13)19(20)16(4)21-12-17-10-14(2)9-15(3)11-17/h5-11,16,19H,12,20H2,1-4H3. The highest BCUT2D eigenvalue weighted by Gasteiger charge is 2.15. The first kappa shape index (κ1) is 16.1. The van der Waals surface area contributed by atoms with Gasteiger partial charge in [-0.1, -0.05) is 66.1 Å². The molecule has 2 aromatic carbocycles. The van der Waals surface area contributed by atoms with Crippen molar-refractivity contribution < 1.29 is 0 Å². The zero-order valence-electron chi connectivity index (χ0n) is 13.4. The molecular weight excluding hydrogens is 274 g/mol. The fourth-order valence-electron chi connectivity index (χ4n) is 2.54. The Hall–Kier alpha value is -1.25. The lowest BCUT2D eigenvalue weighted by Gasteiger charge is -2.20. The van der Waals surface area contributed by atoms with Crippen molar-refractivity contribution in [2.24, 2.45) is 5.73 Å². The van der Waals surface area contributed by atoms with E-state index in [0.717, 1.165) is 5.75 Å². The van der Waals surface area contributed by atoms with Crippen LogP contribution in [-0.4, -0.2) is 5.25 Å². The Morgan fingerprint density at radius 1 is 0.905 bits per heavy atom. The van der Waals surface area contributed by atoms with Crippen LogP contribution in [0.4, 0.5) is 0 Å². The maximum atomic E-state index is 6.39. The van der Waals surface area contributed by atoms with Crippen molar-refractivity contribution in [3.05, 3.63) is 70.3 Å². The van der Waals surface area contributed by atoms with Crippen LogP contribution >= 0.6 is 11.8 Å². The third-order valence-electron chi connectivity index (χ3n) is 3.76. The van der Waals surface area contributed by atoms with E-state index in [1.165, 1.54) is 27.8 Å². The van der Waals surface area contributed by atoms with E-state index in [1.807, 2.05) is 11.8 Å². The van der Waals surface area contributed by atoms with Gasteiger partial charge in [-0.05, 0) is 31.9 Å². The largest absolute Gasteiger partial charge is 0.323 e. The predicted molar refractivity (Wildman–Crippen MR) is 94.8 cm³/mol. The van der Waals surface area contributed by atoms with Crippen molar-refractivity contribution in [2.45, 2.75) is 44.7 Å². The molecule has 1 nitrogen and oxygen atoms in total. The summed E-state index contributed by atoms with van der Waals surface area (Å²) in [6, 6.07) is 15.4. The first-order chi connectivity index (χ1) is 9.95. The van der Waals surface area contributed by atoms with E-state index in [0.29, 0.717) is 5.25 Å². The summed E-state index contributed by atoms with van der Waals surface area (Å²) in [6.45, 7) is 8.64. The highest BCUT2D eigenvalue weighted by molar-refractivity contribution is 7.99. The highest BCUT2D eigenvalue weighted by atomic mass is 32.2. The molecule has 2 rings (SSSR count). The second-order valence-corrected chi connectivity index (χ2v) is 7.31. The third-order valence-corrected chi connectivity index (χ3v) is 5.08. The molecule has 2 atom stereocenters. The minimum Gasteiger partial charge on any atom is -0.323 e. The van der Waals surface area contributed by atoms with Gasteiger partial charge in [-0.25, -0.2) is 0 Å². The van der Waals surface area contributed by atoms with Gasteiger partial charge in [0, 0.05) is 17.0 Å². The molecule has 0 bridgehead atoms. The van der Waals surface area contributed by atoms with Gasteiger partial charge in [-0.15, -0.1) is 0 Å². The van der Waals surface area contributed by atoms with E-state index in [2.05, 4.69) is 70.2 Å². The number of rotatable bonds is 5. The van der Waals surface area contributed by atoms with Crippen LogP contribution in [0.3, 0.4) is 0 Å². The smallest absolute Gasteiger partial charge is 0.0412 e. The lowest BCUT2D eigenvalue weighted by molar-refractivity contribution is 0.714. The second kappa shape index (κ2) is 7.15. The quantitative estimate of drug-likeness (QED) is 0.847. The zero-order chi connectivity index (χ0) is 15.4. The van der Waals surface area contributed by atoms with E-state index in [9.17, 15) is 0 Å². The van der Waals surface area contributed by atoms with Crippen LogP contribution in [0.5, 0.6) is 0 Å². The zero-order valence-corrected chi connectivity index (χ0v) is 14.2. The van der Waals surface area contributed by atoms with Gasteiger partial charge < -0.3 is 5.73 Å². The molecule has 0 saturated carbocycles. The molecule has 0 aliphatic heterocycles.